The van der Waals surface area contributed by atoms with Crippen molar-refractivity contribution in [3.63, 3.8) is 0 Å². The van der Waals surface area contributed by atoms with Gasteiger partial charge in [0.2, 0.25) is 5.96 Å². The van der Waals surface area contributed by atoms with Crippen LogP contribution in [0.1, 0.15) is 6.92 Å². The fraction of sp³-hybridized carbons (Fsp3) is 0.500. The van der Waals surface area contributed by atoms with E-state index in [1.807, 2.05) is 17.4 Å². The molecule has 2 heterocycles. The molecule has 0 amide bonds. The van der Waals surface area contributed by atoms with Crippen molar-refractivity contribution in [3.8, 4) is 0 Å². The number of hydrogen-bond acceptors (Lipinski definition) is 4. The minimum atomic E-state index is 0.213. The molecule has 0 spiro atoms. The van der Waals surface area contributed by atoms with Gasteiger partial charge in [-0.15, -0.1) is 0 Å². The molecule has 2 aliphatic rings. The molecule has 0 saturated carbocycles. The van der Waals surface area contributed by atoms with Crippen LogP contribution in [0.2, 0.25) is 0 Å². The molecule has 0 aliphatic carbocycles. The van der Waals surface area contributed by atoms with E-state index >= 15 is 0 Å². The van der Waals surface area contributed by atoms with Crippen molar-refractivity contribution in [1.29, 1.82) is 0 Å². The van der Waals surface area contributed by atoms with Crippen LogP contribution in [0.5, 0.6) is 0 Å². The number of guanidine groups is 1. The molecule has 70 valence electrons. The first kappa shape index (κ1) is 8.85. The molecule has 1 N–H and O–H groups in total. The SMILES string of the molecule is CPC1N=C2N=CC(C)C=CN2N1. The lowest BCUT2D eigenvalue weighted by Crippen LogP contribution is -2.33. The van der Waals surface area contributed by atoms with Crippen molar-refractivity contribution in [1.82, 2.24) is 10.4 Å². The van der Waals surface area contributed by atoms with Crippen LogP contribution in [0.4, 0.5) is 0 Å². The highest BCUT2D eigenvalue weighted by Crippen LogP contribution is 2.20. The second kappa shape index (κ2) is 3.56. The minimum Gasteiger partial charge on any atom is -0.249 e. The highest BCUT2D eigenvalue weighted by atomic mass is 31.1. The maximum Gasteiger partial charge on any atom is 0.241 e. The van der Waals surface area contributed by atoms with Crippen LogP contribution in [-0.2, 0) is 0 Å². The zero-order valence-electron chi connectivity index (χ0n) is 7.73. The van der Waals surface area contributed by atoms with Crippen LogP contribution in [0, 0.1) is 5.92 Å². The summed E-state index contributed by atoms with van der Waals surface area (Å²) in [6, 6.07) is 0. The molecule has 13 heavy (non-hydrogen) atoms. The Morgan fingerprint density at radius 3 is 3.23 bits per heavy atom. The van der Waals surface area contributed by atoms with E-state index < -0.39 is 0 Å². The highest BCUT2D eigenvalue weighted by Gasteiger charge is 2.21. The number of aliphatic imine (C=N–C) groups is 2. The lowest BCUT2D eigenvalue weighted by Gasteiger charge is -2.12. The van der Waals surface area contributed by atoms with Crippen molar-refractivity contribution in [2.45, 2.75) is 12.8 Å². The monoisotopic (exact) mass is 196 g/mol. The summed E-state index contributed by atoms with van der Waals surface area (Å²) >= 11 is 0. The number of allylic oxidation sites excluding steroid dienone is 1. The molecule has 0 radical (unpaired) electrons. The van der Waals surface area contributed by atoms with E-state index in [-0.39, 0.29) is 5.91 Å². The average molecular weight is 196 g/mol. The van der Waals surface area contributed by atoms with Gasteiger partial charge < -0.3 is 0 Å². The number of hydrazine groups is 1. The molecule has 0 bridgehead atoms. The fourth-order valence-electron chi connectivity index (χ4n) is 1.19. The van der Waals surface area contributed by atoms with E-state index in [1.54, 1.807) is 0 Å². The van der Waals surface area contributed by atoms with Crippen molar-refractivity contribution >= 4 is 20.8 Å². The molecule has 2 rings (SSSR count). The summed E-state index contributed by atoms with van der Waals surface area (Å²) in [5, 5.41) is 1.89. The summed E-state index contributed by atoms with van der Waals surface area (Å²) in [4.78, 5) is 8.71. The predicted molar refractivity (Wildman–Crippen MR) is 57.2 cm³/mol. The molecular formula is C8H13N4P. The Morgan fingerprint density at radius 1 is 1.62 bits per heavy atom. The summed E-state index contributed by atoms with van der Waals surface area (Å²) in [7, 11) is 0.761. The third-order valence-electron chi connectivity index (χ3n) is 1.96. The van der Waals surface area contributed by atoms with E-state index in [1.165, 1.54) is 0 Å². The molecular weight excluding hydrogens is 183 g/mol. The van der Waals surface area contributed by atoms with E-state index in [0.29, 0.717) is 5.92 Å². The van der Waals surface area contributed by atoms with Gasteiger partial charge >= 0.3 is 0 Å². The third-order valence-corrected chi connectivity index (χ3v) is 2.76. The van der Waals surface area contributed by atoms with Crippen molar-refractivity contribution in [2.75, 3.05) is 6.66 Å². The molecule has 3 unspecified atom stereocenters. The molecule has 0 aromatic carbocycles. The Labute approximate surface area is 79.6 Å². The number of rotatable bonds is 1. The van der Waals surface area contributed by atoms with E-state index in [2.05, 4.69) is 35.1 Å². The Bertz CT molecular complexity index is 284. The largest absolute Gasteiger partial charge is 0.249 e. The Kier molecular flexibility index (Phi) is 2.42. The van der Waals surface area contributed by atoms with Crippen LogP contribution in [0.15, 0.2) is 22.3 Å². The summed E-state index contributed by atoms with van der Waals surface area (Å²) in [6.45, 7) is 4.23. The summed E-state index contributed by atoms with van der Waals surface area (Å²) in [5.74, 6) is 1.38. The molecule has 0 saturated heterocycles. The molecule has 2 aliphatic heterocycles. The quantitative estimate of drug-likeness (QED) is 0.635. The Hall–Kier alpha value is -0.730. The molecule has 0 aromatic heterocycles. The predicted octanol–water partition coefficient (Wildman–Crippen LogP) is 0.989. The van der Waals surface area contributed by atoms with E-state index in [0.717, 1.165) is 14.5 Å². The second-order valence-electron chi connectivity index (χ2n) is 3.10. The first-order valence-corrected chi connectivity index (χ1v) is 5.90. The second-order valence-corrected chi connectivity index (χ2v) is 4.22. The number of nitrogens with zero attached hydrogens (tertiary/aromatic N) is 3. The first-order chi connectivity index (χ1) is 6.29. The maximum atomic E-state index is 4.42. The number of hydrogen-bond donors (Lipinski definition) is 1. The summed E-state index contributed by atoms with van der Waals surface area (Å²) in [5.41, 5.74) is 3.24. The number of fused-ring (bicyclic) bond motifs is 1. The smallest absolute Gasteiger partial charge is 0.241 e. The van der Waals surface area contributed by atoms with E-state index in [9.17, 15) is 0 Å². The molecule has 3 atom stereocenters. The van der Waals surface area contributed by atoms with Gasteiger partial charge in [-0.1, -0.05) is 21.6 Å². The Morgan fingerprint density at radius 2 is 2.46 bits per heavy atom. The normalized spacial score (nSPS) is 32.5. The topological polar surface area (TPSA) is 40.0 Å². The van der Waals surface area contributed by atoms with Gasteiger partial charge in [-0.3, -0.25) is 0 Å². The lowest BCUT2D eigenvalue weighted by molar-refractivity contribution is 0.431. The first-order valence-electron chi connectivity index (χ1n) is 4.32. The molecule has 0 fully saturated rings. The standard InChI is InChI=1S/C8H13N4P/c1-6-3-4-12-7(9-5-6)10-8(11-12)13-2/h3-6,8,11,13H,1-2H3. The van der Waals surface area contributed by atoms with Gasteiger partial charge in [0.1, 0.15) is 5.91 Å². The van der Waals surface area contributed by atoms with Crippen LogP contribution in [0.3, 0.4) is 0 Å². The molecule has 5 heteroatoms. The Balaban J connectivity index is 2.20. The van der Waals surface area contributed by atoms with Gasteiger partial charge in [0.25, 0.3) is 0 Å². The van der Waals surface area contributed by atoms with E-state index in [4.69, 9.17) is 0 Å². The maximum absolute atomic E-state index is 4.42. The highest BCUT2D eigenvalue weighted by molar-refractivity contribution is 7.37. The van der Waals surface area contributed by atoms with Crippen LogP contribution < -0.4 is 5.43 Å². The van der Waals surface area contributed by atoms with Gasteiger partial charge in [-0.2, -0.15) is 5.43 Å². The van der Waals surface area contributed by atoms with Crippen LogP contribution in [0.25, 0.3) is 0 Å². The average Bonchev–Trinajstić information content (AvgIpc) is 2.47. The zero-order valence-corrected chi connectivity index (χ0v) is 8.73. The molecule has 0 aromatic rings. The van der Waals surface area contributed by atoms with Crippen LogP contribution in [-0.4, -0.2) is 29.8 Å². The van der Waals surface area contributed by atoms with Gasteiger partial charge in [-0.25, -0.2) is 15.0 Å². The lowest BCUT2D eigenvalue weighted by atomic mass is 10.2. The summed E-state index contributed by atoms with van der Waals surface area (Å²) < 4.78 is 0. The van der Waals surface area contributed by atoms with Crippen molar-refractivity contribution in [2.24, 2.45) is 15.9 Å². The van der Waals surface area contributed by atoms with Gasteiger partial charge in [0, 0.05) is 18.3 Å². The molecule has 4 nitrogen and oxygen atoms in total. The van der Waals surface area contributed by atoms with Crippen molar-refractivity contribution in [3.05, 3.63) is 12.3 Å². The summed E-state index contributed by atoms with van der Waals surface area (Å²) in [6.07, 6.45) is 6.01. The van der Waals surface area contributed by atoms with Crippen molar-refractivity contribution < 1.29 is 0 Å². The van der Waals surface area contributed by atoms with Gasteiger partial charge in [-0.05, 0) is 6.66 Å². The van der Waals surface area contributed by atoms with Gasteiger partial charge in [0.05, 0.1) is 0 Å². The van der Waals surface area contributed by atoms with Crippen LogP contribution >= 0.6 is 8.58 Å². The fourth-order valence-corrected chi connectivity index (χ4v) is 1.70. The number of nitrogens with one attached hydrogen (secondary N) is 1. The minimum absolute atomic E-state index is 0.213. The van der Waals surface area contributed by atoms with Gasteiger partial charge in [0.15, 0.2) is 0 Å². The third kappa shape index (κ3) is 1.79. The zero-order chi connectivity index (χ0) is 9.26.